The summed E-state index contributed by atoms with van der Waals surface area (Å²) < 4.78 is 63.6. The van der Waals surface area contributed by atoms with Crippen molar-refractivity contribution in [2.75, 3.05) is 0 Å². The molecular formula is C15H14F3IN2O2S. The fraction of sp³-hybridized carbons (Fsp3) is 0.267. The van der Waals surface area contributed by atoms with Gasteiger partial charge in [0.2, 0.25) is 10.0 Å². The summed E-state index contributed by atoms with van der Waals surface area (Å²) >= 11 is 1.70. The molecule has 0 amide bonds. The molecule has 0 saturated heterocycles. The van der Waals surface area contributed by atoms with E-state index < -0.39 is 21.8 Å². The van der Waals surface area contributed by atoms with Crippen LogP contribution < -0.4 is 5.14 Å². The molecule has 0 saturated carbocycles. The number of rotatable bonds is 3. The highest BCUT2D eigenvalue weighted by Crippen LogP contribution is 2.40. The molecule has 2 aromatic rings. The average molecular weight is 470 g/mol. The molecule has 9 heteroatoms. The number of alkyl halides is 3. The second-order valence-electron chi connectivity index (χ2n) is 5.50. The van der Waals surface area contributed by atoms with Crippen LogP contribution in [0.15, 0.2) is 35.4 Å². The molecule has 0 spiro atoms. The third-order valence-corrected chi connectivity index (χ3v) is 4.94. The zero-order valence-electron chi connectivity index (χ0n) is 12.7. The van der Waals surface area contributed by atoms with E-state index in [9.17, 15) is 21.6 Å². The van der Waals surface area contributed by atoms with Crippen LogP contribution in [-0.2, 0) is 16.2 Å². The standard InChI is InChI=1S/C15H14F3IN2O2S/c1-8(2)10-4-3-9(24(20,22)23)5-11(10)12-7-21-14(19)6-13(12)15(16,17)18/h3-8H,1-2H3,(H2,20,22,23). The predicted octanol–water partition coefficient (Wildman–Crippen LogP) is 4.14. The zero-order chi connectivity index (χ0) is 18.3. The highest BCUT2D eigenvalue weighted by molar-refractivity contribution is 14.1. The molecule has 130 valence electrons. The van der Waals surface area contributed by atoms with E-state index in [1.54, 1.807) is 22.6 Å². The smallest absolute Gasteiger partial charge is 0.250 e. The summed E-state index contributed by atoms with van der Waals surface area (Å²) in [5.74, 6) is -0.116. The van der Waals surface area contributed by atoms with E-state index >= 15 is 0 Å². The van der Waals surface area contributed by atoms with E-state index in [1.807, 2.05) is 13.8 Å². The van der Waals surface area contributed by atoms with Crippen molar-refractivity contribution in [2.45, 2.75) is 30.8 Å². The third-order valence-electron chi connectivity index (χ3n) is 3.44. The van der Waals surface area contributed by atoms with Crippen LogP contribution in [0, 0.1) is 3.70 Å². The number of nitrogens with zero attached hydrogens (tertiary/aromatic N) is 1. The molecule has 1 heterocycles. The summed E-state index contributed by atoms with van der Waals surface area (Å²) in [6.07, 6.45) is -3.48. The van der Waals surface area contributed by atoms with Crippen LogP contribution in [0.5, 0.6) is 0 Å². The summed E-state index contributed by atoms with van der Waals surface area (Å²) in [7, 11) is -4.04. The van der Waals surface area contributed by atoms with E-state index in [1.165, 1.54) is 18.2 Å². The van der Waals surface area contributed by atoms with E-state index in [-0.39, 0.29) is 25.6 Å². The van der Waals surface area contributed by atoms with Crippen LogP contribution in [0.1, 0.15) is 30.9 Å². The van der Waals surface area contributed by atoms with Crippen LogP contribution in [-0.4, -0.2) is 13.4 Å². The SMILES string of the molecule is CC(C)c1ccc(S(N)(=O)=O)cc1-c1cnc(I)cc1C(F)(F)F. The van der Waals surface area contributed by atoms with Gasteiger partial charge in [-0.3, -0.25) is 0 Å². The first kappa shape index (κ1) is 19.1. The van der Waals surface area contributed by atoms with Crippen molar-refractivity contribution < 1.29 is 21.6 Å². The number of primary sulfonamides is 1. The third kappa shape index (κ3) is 4.06. The number of pyridine rings is 1. The molecule has 24 heavy (non-hydrogen) atoms. The van der Waals surface area contributed by atoms with Crippen LogP contribution >= 0.6 is 22.6 Å². The molecule has 0 aliphatic carbocycles. The van der Waals surface area contributed by atoms with Gasteiger partial charge in [-0.2, -0.15) is 13.2 Å². The fourth-order valence-corrected chi connectivity index (χ4v) is 3.32. The van der Waals surface area contributed by atoms with Gasteiger partial charge in [0.1, 0.15) is 3.70 Å². The number of hydrogen-bond acceptors (Lipinski definition) is 3. The van der Waals surface area contributed by atoms with Crippen molar-refractivity contribution in [2.24, 2.45) is 5.14 Å². The van der Waals surface area contributed by atoms with Crippen molar-refractivity contribution in [3.05, 3.63) is 45.3 Å². The Hall–Kier alpha value is -1.20. The van der Waals surface area contributed by atoms with Gasteiger partial charge >= 0.3 is 6.18 Å². The summed E-state index contributed by atoms with van der Waals surface area (Å²) in [5.41, 5.74) is -0.295. The Morgan fingerprint density at radius 3 is 2.29 bits per heavy atom. The van der Waals surface area contributed by atoms with E-state index in [0.29, 0.717) is 5.56 Å². The zero-order valence-corrected chi connectivity index (χ0v) is 15.7. The van der Waals surface area contributed by atoms with E-state index in [2.05, 4.69) is 4.98 Å². The van der Waals surface area contributed by atoms with Crippen LogP contribution in [0.4, 0.5) is 13.2 Å². The first-order valence-corrected chi connectivity index (χ1v) is 9.43. The molecule has 0 bridgehead atoms. The number of benzene rings is 1. The van der Waals surface area contributed by atoms with Gasteiger partial charge < -0.3 is 0 Å². The van der Waals surface area contributed by atoms with Gasteiger partial charge in [-0.05, 0) is 57.8 Å². The largest absolute Gasteiger partial charge is 0.417 e. The average Bonchev–Trinajstić information content (AvgIpc) is 2.44. The second kappa shape index (κ2) is 6.60. The summed E-state index contributed by atoms with van der Waals surface area (Å²) in [6, 6.07) is 4.88. The molecule has 0 aliphatic heterocycles. The Labute approximate surface area is 151 Å². The van der Waals surface area contributed by atoms with Crippen molar-refractivity contribution >= 4 is 32.6 Å². The molecule has 0 aliphatic rings. The lowest BCUT2D eigenvalue weighted by Crippen LogP contribution is -2.13. The number of aromatic nitrogens is 1. The summed E-state index contributed by atoms with van der Waals surface area (Å²) in [4.78, 5) is 3.69. The number of sulfonamides is 1. The van der Waals surface area contributed by atoms with Crippen molar-refractivity contribution in [3.63, 3.8) is 0 Å². The number of hydrogen-bond donors (Lipinski definition) is 1. The van der Waals surface area contributed by atoms with Crippen LogP contribution in [0.2, 0.25) is 0 Å². The minimum absolute atomic E-state index is 0.116. The predicted molar refractivity (Wildman–Crippen MR) is 92.9 cm³/mol. The molecule has 0 unspecified atom stereocenters. The van der Waals surface area contributed by atoms with Crippen molar-refractivity contribution in [3.8, 4) is 11.1 Å². The highest BCUT2D eigenvalue weighted by atomic mass is 127. The van der Waals surface area contributed by atoms with Crippen LogP contribution in [0.25, 0.3) is 11.1 Å². The number of halogens is 4. The highest BCUT2D eigenvalue weighted by Gasteiger charge is 2.35. The summed E-state index contributed by atoms with van der Waals surface area (Å²) in [6.45, 7) is 3.62. The number of nitrogens with two attached hydrogens (primary N) is 1. The molecule has 0 radical (unpaired) electrons. The van der Waals surface area contributed by atoms with Crippen LogP contribution in [0.3, 0.4) is 0 Å². The molecule has 2 N–H and O–H groups in total. The van der Waals surface area contributed by atoms with Gasteiger partial charge in [-0.15, -0.1) is 0 Å². The quantitative estimate of drug-likeness (QED) is 0.542. The lowest BCUT2D eigenvalue weighted by Gasteiger charge is -2.18. The molecular weight excluding hydrogens is 456 g/mol. The first-order valence-electron chi connectivity index (χ1n) is 6.81. The minimum Gasteiger partial charge on any atom is -0.250 e. The molecule has 2 rings (SSSR count). The molecule has 1 aromatic carbocycles. The van der Waals surface area contributed by atoms with Gasteiger partial charge in [0.15, 0.2) is 0 Å². The van der Waals surface area contributed by atoms with Gasteiger partial charge in [-0.25, -0.2) is 18.5 Å². The Morgan fingerprint density at radius 1 is 1.17 bits per heavy atom. The first-order chi connectivity index (χ1) is 10.9. The topological polar surface area (TPSA) is 73.1 Å². The summed E-state index contributed by atoms with van der Waals surface area (Å²) in [5, 5.41) is 5.11. The molecule has 0 atom stereocenters. The lowest BCUT2D eigenvalue weighted by atomic mass is 9.91. The Morgan fingerprint density at radius 2 is 1.79 bits per heavy atom. The lowest BCUT2D eigenvalue weighted by molar-refractivity contribution is -0.137. The van der Waals surface area contributed by atoms with E-state index in [4.69, 9.17) is 5.14 Å². The van der Waals surface area contributed by atoms with E-state index in [0.717, 1.165) is 12.3 Å². The Kier molecular flexibility index (Phi) is 5.26. The monoisotopic (exact) mass is 470 g/mol. The Bertz CT molecular complexity index is 881. The van der Waals surface area contributed by atoms with Gasteiger partial charge in [0, 0.05) is 11.8 Å². The minimum atomic E-state index is -4.59. The fourth-order valence-electron chi connectivity index (χ4n) is 2.33. The second-order valence-corrected chi connectivity index (χ2v) is 8.17. The Balaban J connectivity index is 2.85. The van der Waals surface area contributed by atoms with Gasteiger partial charge in [0.05, 0.1) is 10.5 Å². The maximum absolute atomic E-state index is 13.4. The van der Waals surface area contributed by atoms with Gasteiger partial charge in [-0.1, -0.05) is 19.9 Å². The molecule has 4 nitrogen and oxygen atoms in total. The normalized spacial score (nSPS) is 12.7. The molecule has 1 aromatic heterocycles. The maximum Gasteiger partial charge on any atom is 0.417 e. The van der Waals surface area contributed by atoms with Gasteiger partial charge in [0.25, 0.3) is 0 Å². The maximum atomic E-state index is 13.4. The van der Waals surface area contributed by atoms with Crippen molar-refractivity contribution in [1.82, 2.24) is 4.98 Å². The van der Waals surface area contributed by atoms with Crippen molar-refractivity contribution in [1.29, 1.82) is 0 Å². The molecule has 0 fully saturated rings.